The van der Waals surface area contributed by atoms with Crippen LogP contribution in [0.2, 0.25) is 0 Å². The molecule has 3 aromatic rings. The number of carbonyl (C=O) groups excluding carboxylic acids is 1. The molecule has 0 spiro atoms. The topological polar surface area (TPSA) is 99.8 Å². The smallest absolute Gasteiger partial charge is 0.254 e. The van der Waals surface area contributed by atoms with Crippen molar-refractivity contribution in [3.63, 3.8) is 0 Å². The van der Waals surface area contributed by atoms with Crippen LogP contribution in [0, 0.1) is 12.3 Å². The summed E-state index contributed by atoms with van der Waals surface area (Å²) in [4.78, 5) is 16.5. The number of benzene rings is 1. The third-order valence-corrected chi connectivity index (χ3v) is 3.98. The first-order chi connectivity index (χ1) is 11.7. The molecule has 0 aliphatic carbocycles. The highest BCUT2D eigenvalue weighted by molar-refractivity contribution is 6.03. The monoisotopic (exact) mass is 337 g/mol. The summed E-state index contributed by atoms with van der Waals surface area (Å²) in [6.45, 7) is 8.85. The Morgan fingerprint density at radius 3 is 2.60 bits per heavy atom. The standard InChI is InChI=1S/C19H23N5O/c1-11-5-6-12-8-13(9-22-14(12)7-11)16-15(18(21)25)17(20)24(23-16)10-19(2,3)4/h5-9H,10,20H2,1-4H3,(H2,21,25). The van der Waals surface area contributed by atoms with Gasteiger partial charge in [-0.15, -0.1) is 0 Å². The zero-order chi connectivity index (χ0) is 18.4. The van der Waals surface area contributed by atoms with Gasteiger partial charge >= 0.3 is 0 Å². The maximum absolute atomic E-state index is 12.0. The van der Waals surface area contributed by atoms with Crippen LogP contribution in [0.3, 0.4) is 0 Å². The lowest BCUT2D eigenvalue weighted by molar-refractivity contribution is 0.100. The molecule has 0 atom stereocenters. The molecule has 3 rings (SSSR count). The van der Waals surface area contributed by atoms with E-state index in [0.717, 1.165) is 22.0 Å². The van der Waals surface area contributed by atoms with Gasteiger partial charge in [0.2, 0.25) is 0 Å². The van der Waals surface area contributed by atoms with Gasteiger partial charge in [-0.1, -0.05) is 32.9 Å². The highest BCUT2D eigenvalue weighted by Crippen LogP contribution is 2.30. The number of hydrogen-bond donors (Lipinski definition) is 2. The number of pyridine rings is 1. The number of primary amides is 1. The van der Waals surface area contributed by atoms with Crippen molar-refractivity contribution in [2.24, 2.45) is 11.1 Å². The molecule has 2 aromatic heterocycles. The Hall–Kier alpha value is -2.89. The van der Waals surface area contributed by atoms with E-state index in [9.17, 15) is 4.79 Å². The van der Waals surface area contributed by atoms with Crippen LogP contribution in [0.1, 0.15) is 36.7 Å². The number of nitrogens with zero attached hydrogens (tertiary/aromatic N) is 3. The first-order valence-electron chi connectivity index (χ1n) is 8.18. The first kappa shape index (κ1) is 17.0. The second-order valence-electron chi connectivity index (χ2n) is 7.61. The van der Waals surface area contributed by atoms with Gasteiger partial charge in [-0.05, 0) is 30.0 Å². The molecule has 0 fully saturated rings. The molecule has 130 valence electrons. The Labute approximate surface area is 146 Å². The highest BCUT2D eigenvalue weighted by atomic mass is 16.1. The molecule has 0 saturated carbocycles. The lowest BCUT2D eigenvalue weighted by atomic mass is 9.97. The third-order valence-electron chi connectivity index (χ3n) is 3.98. The van der Waals surface area contributed by atoms with Crippen molar-refractivity contribution in [2.45, 2.75) is 34.2 Å². The van der Waals surface area contributed by atoms with Crippen LogP contribution in [0.4, 0.5) is 5.82 Å². The maximum atomic E-state index is 12.0. The predicted octanol–water partition coefficient (Wildman–Crippen LogP) is 3.13. The van der Waals surface area contributed by atoms with E-state index in [0.29, 0.717) is 18.1 Å². The normalized spacial score (nSPS) is 11.8. The number of aryl methyl sites for hydroxylation is 1. The van der Waals surface area contributed by atoms with Crippen LogP contribution in [-0.2, 0) is 6.54 Å². The van der Waals surface area contributed by atoms with Crippen molar-refractivity contribution >= 4 is 22.6 Å². The van der Waals surface area contributed by atoms with Crippen molar-refractivity contribution in [1.29, 1.82) is 0 Å². The van der Waals surface area contributed by atoms with Gasteiger partial charge in [0.15, 0.2) is 0 Å². The fourth-order valence-electron chi connectivity index (χ4n) is 2.85. The van der Waals surface area contributed by atoms with Gasteiger partial charge in [0.1, 0.15) is 17.1 Å². The molecule has 2 heterocycles. The molecule has 0 unspecified atom stereocenters. The van der Waals surface area contributed by atoms with Crippen molar-refractivity contribution < 1.29 is 4.79 Å². The average molecular weight is 337 g/mol. The van der Waals surface area contributed by atoms with Crippen LogP contribution >= 0.6 is 0 Å². The Morgan fingerprint density at radius 2 is 1.96 bits per heavy atom. The maximum Gasteiger partial charge on any atom is 0.254 e. The Balaban J connectivity index is 2.17. The lowest BCUT2D eigenvalue weighted by Gasteiger charge is -2.18. The summed E-state index contributed by atoms with van der Waals surface area (Å²) in [6, 6.07) is 7.99. The van der Waals surface area contributed by atoms with Gasteiger partial charge in [-0.25, -0.2) is 4.68 Å². The van der Waals surface area contributed by atoms with Gasteiger partial charge in [-0.2, -0.15) is 5.10 Å². The molecule has 6 heteroatoms. The number of fused-ring (bicyclic) bond motifs is 1. The van der Waals surface area contributed by atoms with E-state index >= 15 is 0 Å². The van der Waals surface area contributed by atoms with Gasteiger partial charge in [0, 0.05) is 23.7 Å². The summed E-state index contributed by atoms with van der Waals surface area (Å²) in [5.41, 5.74) is 15.2. The minimum Gasteiger partial charge on any atom is -0.383 e. The number of anilines is 1. The van der Waals surface area contributed by atoms with Crippen molar-refractivity contribution in [2.75, 3.05) is 5.73 Å². The van der Waals surface area contributed by atoms with E-state index in [1.54, 1.807) is 10.9 Å². The van der Waals surface area contributed by atoms with E-state index in [1.807, 2.05) is 31.2 Å². The Bertz CT molecular complexity index is 966. The number of nitrogens with two attached hydrogens (primary N) is 2. The number of amides is 1. The average Bonchev–Trinajstić information content (AvgIpc) is 2.82. The van der Waals surface area contributed by atoms with Crippen molar-refractivity contribution in [3.05, 3.63) is 41.6 Å². The molecule has 25 heavy (non-hydrogen) atoms. The zero-order valence-electron chi connectivity index (χ0n) is 15.0. The van der Waals surface area contributed by atoms with Gasteiger partial charge in [0.25, 0.3) is 5.91 Å². The summed E-state index contributed by atoms with van der Waals surface area (Å²) in [7, 11) is 0. The Kier molecular flexibility index (Phi) is 3.99. The molecule has 0 aliphatic heterocycles. The number of rotatable bonds is 3. The fourth-order valence-corrected chi connectivity index (χ4v) is 2.85. The van der Waals surface area contributed by atoms with Crippen LogP contribution in [0.25, 0.3) is 22.2 Å². The number of aromatic nitrogens is 3. The van der Waals surface area contributed by atoms with E-state index in [4.69, 9.17) is 11.5 Å². The molecule has 0 aliphatic rings. The van der Waals surface area contributed by atoms with E-state index in [1.165, 1.54) is 0 Å². The minimum absolute atomic E-state index is 0.0362. The first-order valence-corrected chi connectivity index (χ1v) is 8.18. The lowest BCUT2D eigenvalue weighted by Crippen LogP contribution is -2.19. The SMILES string of the molecule is Cc1ccc2cc(-c3nn(CC(C)(C)C)c(N)c3C(N)=O)cnc2c1. The van der Waals surface area contributed by atoms with Gasteiger partial charge in [-0.3, -0.25) is 9.78 Å². The Morgan fingerprint density at radius 1 is 1.24 bits per heavy atom. The zero-order valence-corrected chi connectivity index (χ0v) is 15.0. The molecule has 1 amide bonds. The number of nitrogen functional groups attached to an aromatic ring is 1. The number of carbonyl (C=O) groups is 1. The summed E-state index contributed by atoms with van der Waals surface area (Å²) < 4.78 is 1.65. The second kappa shape index (κ2) is 5.88. The van der Waals surface area contributed by atoms with Crippen molar-refractivity contribution in [1.82, 2.24) is 14.8 Å². The molecule has 6 nitrogen and oxygen atoms in total. The van der Waals surface area contributed by atoms with E-state index in [2.05, 4.69) is 30.9 Å². The molecule has 4 N–H and O–H groups in total. The van der Waals surface area contributed by atoms with Crippen LogP contribution < -0.4 is 11.5 Å². The second-order valence-corrected chi connectivity index (χ2v) is 7.61. The largest absolute Gasteiger partial charge is 0.383 e. The molecule has 0 radical (unpaired) electrons. The fraction of sp³-hybridized carbons (Fsp3) is 0.316. The van der Waals surface area contributed by atoms with Crippen LogP contribution in [0.15, 0.2) is 30.5 Å². The minimum atomic E-state index is -0.586. The van der Waals surface area contributed by atoms with E-state index in [-0.39, 0.29) is 11.0 Å². The predicted molar refractivity (Wildman–Crippen MR) is 100 cm³/mol. The molecular formula is C19H23N5O. The van der Waals surface area contributed by atoms with Crippen LogP contribution in [0.5, 0.6) is 0 Å². The summed E-state index contributed by atoms with van der Waals surface area (Å²) in [5.74, 6) is -0.293. The van der Waals surface area contributed by atoms with Gasteiger partial charge in [0.05, 0.1) is 5.52 Å². The summed E-state index contributed by atoms with van der Waals surface area (Å²) in [6.07, 6.45) is 1.71. The molecular weight excluding hydrogens is 314 g/mol. The van der Waals surface area contributed by atoms with E-state index < -0.39 is 5.91 Å². The quantitative estimate of drug-likeness (QED) is 0.767. The van der Waals surface area contributed by atoms with Crippen molar-refractivity contribution in [3.8, 4) is 11.3 Å². The van der Waals surface area contributed by atoms with Crippen LogP contribution in [-0.4, -0.2) is 20.7 Å². The molecule has 0 bridgehead atoms. The molecule has 1 aromatic carbocycles. The van der Waals surface area contributed by atoms with Gasteiger partial charge < -0.3 is 11.5 Å². The third kappa shape index (κ3) is 3.33. The highest BCUT2D eigenvalue weighted by Gasteiger charge is 2.24. The molecule has 0 saturated heterocycles. The summed E-state index contributed by atoms with van der Waals surface area (Å²) in [5, 5.41) is 5.54. The number of hydrogen-bond acceptors (Lipinski definition) is 4. The summed E-state index contributed by atoms with van der Waals surface area (Å²) >= 11 is 0.